The van der Waals surface area contributed by atoms with Crippen LogP contribution in [0.2, 0.25) is 0 Å². The Labute approximate surface area is 115 Å². The fourth-order valence-corrected chi connectivity index (χ4v) is 1.55. The van der Waals surface area contributed by atoms with Gasteiger partial charge in [0.15, 0.2) is 5.69 Å². The van der Waals surface area contributed by atoms with Crippen LogP contribution in [0.15, 0.2) is 36.5 Å². The smallest absolute Gasteiger partial charge is 0.327 e. The Hall–Kier alpha value is -2.70. The molecule has 1 amide bonds. The summed E-state index contributed by atoms with van der Waals surface area (Å²) in [7, 11) is 1.28. The van der Waals surface area contributed by atoms with Gasteiger partial charge < -0.3 is 10.1 Å². The molecular weight excluding hydrogens is 260 g/mol. The summed E-state index contributed by atoms with van der Waals surface area (Å²) in [4.78, 5) is 22.9. The molecule has 1 N–H and O–H groups in total. The Bertz CT molecular complexity index is 595. The summed E-state index contributed by atoms with van der Waals surface area (Å²) in [5.41, 5.74) is 1.15. The Kier molecular flexibility index (Phi) is 4.43. The van der Waals surface area contributed by atoms with Crippen LogP contribution < -0.4 is 5.32 Å². The quantitative estimate of drug-likeness (QED) is 0.797. The first kappa shape index (κ1) is 13.7. The molecule has 1 heterocycles. The van der Waals surface area contributed by atoms with Gasteiger partial charge in [-0.25, -0.2) is 4.68 Å². The number of nitrogens with zero attached hydrogens (tertiary/aromatic N) is 3. The van der Waals surface area contributed by atoms with Crippen LogP contribution in [-0.4, -0.2) is 34.0 Å². The molecule has 2 aromatic rings. The molecule has 0 aliphatic carbocycles. The van der Waals surface area contributed by atoms with Gasteiger partial charge in [-0.2, -0.15) is 0 Å². The van der Waals surface area contributed by atoms with Gasteiger partial charge in [0.1, 0.15) is 6.54 Å². The van der Waals surface area contributed by atoms with E-state index in [0.717, 1.165) is 5.56 Å². The Morgan fingerprint density at radius 2 is 2.05 bits per heavy atom. The van der Waals surface area contributed by atoms with Gasteiger partial charge in [0.2, 0.25) is 0 Å². The summed E-state index contributed by atoms with van der Waals surface area (Å²) in [5, 5.41) is 10.1. The molecule has 104 valence electrons. The highest BCUT2D eigenvalue weighted by atomic mass is 16.5. The number of nitrogens with one attached hydrogen (secondary N) is 1. The number of benzene rings is 1. The van der Waals surface area contributed by atoms with E-state index >= 15 is 0 Å². The van der Waals surface area contributed by atoms with Crippen molar-refractivity contribution in [2.45, 2.75) is 13.1 Å². The minimum absolute atomic E-state index is 0.0739. The zero-order valence-electron chi connectivity index (χ0n) is 10.9. The van der Waals surface area contributed by atoms with Crippen molar-refractivity contribution >= 4 is 11.9 Å². The highest BCUT2D eigenvalue weighted by Gasteiger charge is 2.12. The van der Waals surface area contributed by atoms with E-state index in [-0.39, 0.29) is 18.1 Å². The molecule has 0 fully saturated rings. The number of hydrogen-bond donors (Lipinski definition) is 1. The van der Waals surface area contributed by atoms with Crippen LogP contribution in [0.25, 0.3) is 0 Å². The number of ether oxygens (including phenoxy) is 1. The topological polar surface area (TPSA) is 86.1 Å². The lowest BCUT2D eigenvalue weighted by molar-refractivity contribution is -0.141. The summed E-state index contributed by atoms with van der Waals surface area (Å²) in [6.45, 7) is 0.332. The number of methoxy groups -OCH3 is 1. The molecule has 0 radical (unpaired) electrons. The number of hydrogen-bond acceptors (Lipinski definition) is 5. The van der Waals surface area contributed by atoms with Crippen LogP contribution in [0.1, 0.15) is 16.1 Å². The van der Waals surface area contributed by atoms with Crippen molar-refractivity contribution in [2.75, 3.05) is 7.11 Å². The van der Waals surface area contributed by atoms with Gasteiger partial charge in [0, 0.05) is 6.54 Å². The van der Waals surface area contributed by atoms with Crippen molar-refractivity contribution in [2.24, 2.45) is 0 Å². The molecule has 0 saturated heterocycles. The van der Waals surface area contributed by atoms with Crippen LogP contribution >= 0.6 is 0 Å². The van der Waals surface area contributed by atoms with Gasteiger partial charge in [-0.1, -0.05) is 35.5 Å². The SMILES string of the molecule is COC(=O)Cn1cc(C(=O)NCc2ccccc2)nn1. The first-order valence-corrected chi connectivity index (χ1v) is 5.98. The van der Waals surface area contributed by atoms with Crippen molar-refractivity contribution in [1.82, 2.24) is 20.3 Å². The van der Waals surface area contributed by atoms with Crippen LogP contribution in [0.4, 0.5) is 0 Å². The van der Waals surface area contributed by atoms with E-state index in [1.165, 1.54) is 18.0 Å². The Morgan fingerprint density at radius 3 is 2.75 bits per heavy atom. The number of carbonyl (C=O) groups excluding carboxylic acids is 2. The van der Waals surface area contributed by atoms with E-state index in [1.54, 1.807) is 0 Å². The van der Waals surface area contributed by atoms with Gasteiger partial charge in [0.05, 0.1) is 13.3 Å². The maximum atomic E-state index is 11.8. The van der Waals surface area contributed by atoms with Crippen molar-refractivity contribution in [1.29, 1.82) is 0 Å². The van der Waals surface area contributed by atoms with Crippen LogP contribution in [0.3, 0.4) is 0 Å². The highest BCUT2D eigenvalue weighted by molar-refractivity contribution is 5.91. The molecule has 0 aliphatic heterocycles. The minimum atomic E-state index is -0.453. The molecule has 1 aromatic carbocycles. The molecule has 20 heavy (non-hydrogen) atoms. The van der Waals surface area contributed by atoms with E-state index in [1.807, 2.05) is 30.3 Å². The summed E-state index contributed by atoms with van der Waals surface area (Å²) >= 11 is 0. The van der Waals surface area contributed by atoms with Gasteiger partial charge >= 0.3 is 5.97 Å². The van der Waals surface area contributed by atoms with E-state index < -0.39 is 5.97 Å². The predicted octanol–water partition coefficient (Wildman–Crippen LogP) is 0.381. The molecule has 7 heteroatoms. The van der Waals surface area contributed by atoms with Crippen molar-refractivity contribution in [3.8, 4) is 0 Å². The van der Waals surface area contributed by atoms with Crippen molar-refractivity contribution in [3.63, 3.8) is 0 Å². The number of esters is 1. The molecule has 0 bridgehead atoms. The monoisotopic (exact) mass is 274 g/mol. The average molecular weight is 274 g/mol. The zero-order valence-corrected chi connectivity index (χ0v) is 10.9. The van der Waals surface area contributed by atoms with Crippen molar-refractivity contribution < 1.29 is 14.3 Å². The van der Waals surface area contributed by atoms with E-state index in [2.05, 4.69) is 20.4 Å². The molecule has 2 rings (SSSR count). The third-order valence-electron chi connectivity index (χ3n) is 2.59. The summed E-state index contributed by atoms with van der Waals surface area (Å²) in [6.07, 6.45) is 1.40. The molecule has 1 aromatic heterocycles. The van der Waals surface area contributed by atoms with E-state index in [0.29, 0.717) is 6.54 Å². The summed E-state index contributed by atoms with van der Waals surface area (Å²) in [5.74, 6) is -0.795. The lowest BCUT2D eigenvalue weighted by Gasteiger charge is -2.02. The second kappa shape index (κ2) is 6.46. The lowest BCUT2D eigenvalue weighted by atomic mass is 10.2. The first-order valence-electron chi connectivity index (χ1n) is 5.98. The largest absolute Gasteiger partial charge is 0.468 e. The van der Waals surface area contributed by atoms with E-state index in [4.69, 9.17) is 0 Å². The lowest BCUT2D eigenvalue weighted by Crippen LogP contribution is -2.23. The molecule has 7 nitrogen and oxygen atoms in total. The maximum absolute atomic E-state index is 11.8. The second-order valence-corrected chi connectivity index (χ2v) is 4.05. The first-order chi connectivity index (χ1) is 9.69. The average Bonchev–Trinajstić information content (AvgIpc) is 2.94. The van der Waals surface area contributed by atoms with Gasteiger partial charge in [0.25, 0.3) is 5.91 Å². The van der Waals surface area contributed by atoms with Gasteiger partial charge in [-0.15, -0.1) is 5.10 Å². The van der Waals surface area contributed by atoms with Crippen molar-refractivity contribution in [3.05, 3.63) is 47.8 Å². The minimum Gasteiger partial charge on any atom is -0.468 e. The predicted molar refractivity (Wildman–Crippen MR) is 69.7 cm³/mol. The summed E-state index contributed by atoms with van der Waals surface area (Å²) < 4.78 is 5.75. The molecule has 0 spiro atoms. The third kappa shape index (κ3) is 3.64. The molecule has 0 unspecified atom stereocenters. The summed E-state index contributed by atoms with van der Waals surface area (Å²) in [6, 6.07) is 9.52. The number of amides is 1. The fourth-order valence-electron chi connectivity index (χ4n) is 1.55. The number of rotatable bonds is 5. The van der Waals surface area contributed by atoms with E-state index in [9.17, 15) is 9.59 Å². The normalized spacial score (nSPS) is 10.1. The molecular formula is C13H14N4O3. The zero-order chi connectivity index (χ0) is 14.4. The molecule has 0 aliphatic rings. The molecule has 0 saturated carbocycles. The number of carbonyl (C=O) groups is 2. The van der Waals surface area contributed by atoms with Crippen LogP contribution in [0, 0.1) is 0 Å². The highest BCUT2D eigenvalue weighted by Crippen LogP contribution is 1.99. The maximum Gasteiger partial charge on any atom is 0.327 e. The number of aromatic nitrogens is 3. The Balaban J connectivity index is 1.91. The van der Waals surface area contributed by atoms with Gasteiger partial charge in [-0.3, -0.25) is 9.59 Å². The third-order valence-corrected chi connectivity index (χ3v) is 2.59. The Morgan fingerprint density at radius 1 is 1.30 bits per heavy atom. The van der Waals surface area contributed by atoms with Gasteiger partial charge in [-0.05, 0) is 5.56 Å². The van der Waals surface area contributed by atoms with Crippen LogP contribution in [-0.2, 0) is 22.6 Å². The fraction of sp³-hybridized carbons (Fsp3) is 0.231. The van der Waals surface area contributed by atoms with Crippen LogP contribution in [0.5, 0.6) is 0 Å². The standard InChI is InChI=1S/C13H14N4O3/c1-20-12(18)9-17-8-11(15-16-17)13(19)14-7-10-5-3-2-4-6-10/h2-6,8H,7,9H2,1H3,(H,14,19). The molecule has 0 atom stereocenters. The second-order valence-electron chi connectivity index (χ2n) is 4.05.